The Kier molecular flexibility index (Phi) is 16.6. The highest BCUT2D eigenvalue weighted by Gasteiger charge is 2.12. The monoisotopic (exact) mass is 740 g/mol. The van der Waals surface area contributed by atoms with Gasteiger partial charge in [0, 0.05) is 14.7 Å². The van der Waals surface area contributed by atoms with E-state index >= 15 is 0 Å². The molecule has 0 radical (unpaired) electrons. The first kappa shape index (κ1) is 33.5. The first-order chi connectivity index (χ1) is 17.0. The van der Waals surface area contributed by atoms with Crippen molar-refractivity contribution < 1.29 is 19.7 Å². The summed E-state index contributed by atoms with van der Waals surface area (Å²) < 4.78 is 13.3. The summed E-state index contributed by atoms with van der Waals surface area (Å²) >= 11 is 4.30. The summed E-state index contributed by atoms with van der Waals surface area (Å²) in [5.74, 6) is 1.33. The normalized spacial score (nSPS) is 11.2. The van der Waals surface area contributed by atoms with E-state index in [1.807, 2.05) is 22.6 Å². The van der Waals surface area contributed by atoms with Gasteiger partial charge in [-0.2, -0.15) is 0 Å². The third-order valence-electron chi connectivity index (χ3n) is 5.81. The van der Waals surface area contributed by atoms with Crippen LogP contribution < -0.4 is 4.74 Å². The van der Waals surface area contributed by atoms with Gasteiger partial charge in [-0.3, -0.25) is 0 Å². The van der Waals surface area contributed by atoms with E-state index in [4.69, 9.17) is 9.47 Å². The molecule has 7 heteroatoms. The van der Waals surface area contributed by atoms with Crippen molar-refractivity contribution in [1.82, 2.24) is 0 Å². The molecule has 0 bridgehead atoms. The molecule has 0 heterocycles. The molecule has 2 N–H and O–H groups in total. The van der Waals surface area contributed by atoms with Gasteiger partial charge in [-0.1, -0.05) is 65.2 Å². The largest absolute Gasteiger partial charge is 0.507 e. The fraction of sp³-hybridized carbons (Fsp3) is 0.586. The van der Waals surface area contributed by atoms with Crippen molar-refractivity contribution in [3.05, 3.63) is 48.1 Å². The highest BCUT2D eigenvalue weighted by molar-refractivity contribution is 14.1. The second kappa shape index (κ2) is 17.9. The van der Waals surface area contributed by atoms with Crippen LogP contribution in [0.1, 0.15) is 69.1 Å². The first-order valence-electron chi connectivity index (χ1n) is 13.2. The summed E-state index contributed by atoms with van der Waals surface area (Å²) in [4.78, 5) is 0. The predicted octanol–water partition coefficient (Wildman–Crippen LogP) is 9.46. The molecular formula is C29H46I2O4Si. The summed E-state index contributed by atoms with van der Waals surface area (Å²) in [5.41, 5.74) is 3.68. The van der Waals surface area contributed by atoms with Crippen molar-refractivity contribution in [2.45, 2.75) is 97.8 Å². The maximum absolute atomic E-state index is 9.47. The third kappa shape index (κ3) is 13.9. The van der Waals surface area contributed by atoms with Gasteiger partial charge in [0.05, 0.1) is 7.14 Å². The van der Waals surface area contributed by atoms with Crippen LogP contribution in [-0.2, 0) is 17.6 Å². The molecule has 0 fully saturated rings. The second-order valence-corrected chi connectivity index (χ2v) is 18.3. The molecule has 0 amide bonds. The predicted molar refractivity (Wildman–Crippen MR) is 172 cm³/mol. The van der Waals surface area contributed by atoms with Crippen LogP contribution in [-0.4, -0.2) is 31.7 Å². The number of aromatic hydroxyl groups is 2. The zero-order chi connectivity index (χ0) is 27.1. The molecule has 0 saturated carbocycles. The molecule has 0 atom stereocenters. The van der Waals surface area contributed by atoms with Gasteiger partial charge in [0.2, 0.25) is 0 Å². The lowest BCUT2D eigenvalue weighted by atomic mass is 10.0. The molecule has 2 aromatic carbocycles. The average Bonchev–Trinajstić information content (AvgIpc) is 2.80. The van der Waals surface area contributed by atoms with E-state index in [9.17, 15) is 10.2 Å². The van der Waals surface area contributed by atoms with Gasteiger partial charge >= 0.3 is 0 Å². The van der Waals surface area contributed by atoms with E-state index < -0.39 is 8.07 Å². The van der Waals surface area contributed by atoms with E-state index in [1.165, 1.54) is 52.8 Å². The molecule has 0 spiro atoms. The van der Waals surface area contributed by atoms with Crippen LogP contribution in [0.3, 0.4) is 0 Å². The Bertz CT molecular complexity index is 890. The van der Waals surface area contributed by atoms with E-state index in [-0.39, 0.29) is 11.5 Å². The average molecular weight is 741 g/mol. The summed E-state index contributed by atoms with van der Waals surface area (Å²) in [6.45, 7) is 14.8. The van der Waals surface area contributed by atoms with Gasteiger partial charge in [-0.25, -0.2) is 0 Å². The number of hydrogen-bond donors (Lipinski definition) is 2. The summed E-state index contributed by atoms with van der Waals surface area (Å²) in [7, 11) is -1.02. The lowest BCUT2D eigenvalue weighted by Crippen LogP contribution is -2.22. The van der Waals surface area contributed by atoms with E-state index in [2.05, 4.69) is 75.1 Å². The molecule has 4 nitrogen and oxygen atoms in total. The fourth-order valence-electron chi connectivity index (χ4n) is 3.55. The summed E-state index contributed by atoms with van der Waals surface area (Å²) in [6.07, 6.45) is 9.34. The molecule has 204 valence electrons. The van der Waals surface area contributed by atoms with Crippen molar-refractivity contribution in [2.75, 3.05) is 13.4 Å². The quantitative estimate of drug-likeness (QED) is 0.0878. The Morgan fingerprint density at radius 2 is 1.31 bits per heavy atom. The minimum Gasteiger partial charge on any atom is -0.507 e. The number of aryl methyl sites for hydroxylation is 3. The Balaban J connectivity index is 0.000000397. The Hall–Kier alpha value is -0.523. The van der Waals surface area contributed by atoms with Crippen LogP contribution in [0.4, 0.5) is 0 Å². The van der Waals surface area contributed by atoms with Crippen molar-refractivity contribution in [3.8, 4) is 17.2 Å². The van der Waals surface area contributed by atoms with Crippen molar-refractivity contribution in [2.24, 2.45) is 0 Å². The molecule has 36 heavy (non-hydrogen) atoms. The van der Waals surface area contributed by atoms with Crippen LogP contribution in [0.2, 0.25) is 25.7 Å². The van der Waals surface area contributed by atoms with Crippen molar-refractivity contribution >= 4 is 53.3 Å². The van der Waals surface area contributed by atoms with Crippen LogP contribution in [0.15, 0.2) is 24.3 Å². The third-order valence-corrected chi connectivity index (χ3v) is 10.00. The van der Waals surface area contributed by atoms with Crippen molar-refractivity contribution in [1.29, 1.82) is 0 Å². The number of unbranched alkanes of at least 4 members (excludes halogenated alkanes) is 4. The standard InChI is InChI=1S/C18H31IO2Si.C11H15IO2/c1-6-7-8-9-16-12-15(2)18(19)17(13-16)21-14-20-10-11-22(3,4)5;1-2-3-4-5-8-6-9(13)11(12)10(14)7-8/h12-13H,6-11,14H2,1-5H3;6-7,13-14H,2-5H2,1H3. The van der Waals surface area contributed by atoms with E-state index in [0.717, 1.165) is 37.2 Å². The zero-order valence-electron chi connectivity index (χ0n) is 23.1. The Morgan fingerprint density at radius 3 is 1.81 bits per heavy atom. The maximum atomic E-state index is 9.47. The zero-order valence-corrected chi connectivity index (χ0v) is 28.4. The lowest BCUT2D eigenvalue weighted by Gasteiger charge is -2.16. The molecule has 0 aliphatic rings. The fourth-order valence-corrected chi connectivity index (χ4v) is 5.09. The lowest BCUT2D eigenvalue weighted by molar-refractivity contribution is 0.0214. The van der Waals surface area contributed by atoms with Gasteiger partial charge in [0.1, 0.15) is 17.2 Å². The van der Waals surface area contributed by atoms with Gasteiger partial charge in [0.15, 0.2) is 6.79 Å². The van der Waals surface area contributed by atoms with Crippen molar-refractivity contribution in [3.63, 3.8) is 0 Å². The topological polar surface area (TPSA) is 58.9 Å². The van der Waals surface area contributed by atoms with Crippen LogP contribution >= 0.6 is 45.2 Å². The first-order valence-corrected chi connectivity index (χ1v) is 19.0. The highest BCUT2D eigenvalue weighted by atomic mass is 127. The molecule has 0 aromatic heterocycles. The van der Waals surface area contributed by atoms with Crippen LogP contribution in [0.5, 0.6) is 17.2 Å². The van der Waals surface area contributed by atoms with Gasteiger partial charge in [-0.05, 0) is 119 Å². The van der Waals surface area contributed by atoms with Gasteiger partial charge in [0.25, 0.3) is 0 Å². The number of benzene rings is 2. The minimum atomic E-state index is -1.02. The van der Waals surface area contributed by atoms with E-state index in [0.29, 0.717) is 10.4 Å². The van der Waals surface area contributed by atoms with Gasteiger partial charge < -0.3 is 19.7 Å². The number of ether oxygens (including phenoxy) is 2. The summed E-state index contributed by atoms with van der Waals surface area (Å²) in [6, 6.07) is 9.13. The smallest absolute Gasteiger partial charge is 0.189 e. The number of hydrogen-bond acceptors (Lipinski definition) is 4. The number of halogens is 2. The molecule has 0 unspecified atom stereocenters. The van der Waals surface area contributed by atoms with E-state index in [1.54, 1.807) is 12.1 Å². The number of rotatable bonds is 14. The van der Waals surface area contributed by atoms with Crippen LogP contribution in [0, 0.1) is 14.1 Å². The molecule has 0 aliphatic heterocycles. The molecule has 0 saturated heterocycles. The van der Waals surface area contributed by atoms with Crippen LogP contribution in [0.25, 0.3) is 0 Å². The molecule has 2 aromatic rings. The Labute approximate surface area is 247 Å². The molecule has 2 rings (SSSR count). The Morgan fingerprint density at radius 1 is 0.778 bits per heavy atom. The second-order valence-electron chi connectivity index (χ2n) is 10.6. The molecular weight excluding hydrogens is 694 g/mol. The minimum absolute atomic E-state index is 0.178. The number of phenolic OH excluding ortho intramolecular Hbond substituents is 2. The number of phenols is 2. The summed E-state index contributed by atoms with van der Waals surface area (Å²) in [5, 5.41) is 18.9. The van der Waals surface area contributed by atoms with Gasteiger partial charge in [-0.15, -0.1) is 0 Å². The highest BCUT2D eigenvalue weighted by Crippen LogP contribution is 2.30. The molecule has 0 aliphatic carbocycles. The maximum Gasteiger partial charge on any atom is 0.189 e. The SMILES string of the molecule is CCCCCc1cc(C)c(I)c(OCOCC[Si](C)(C)C)c1.CCCCCc1cc(O)c(I)c(O)c1.